The standard InChI is InChI=1S/C11H19N5S/c1-7(14(3)4)6-16-10-9(12-11(16)17)8(2)13-15(10)5/h7H,6H2,1-5H3,(H,12,17). The fourth-order valence-electron chi connectivity index (χ4n) is 1.97. The highest BCUT2D eigenvalue weighted by molar-refractivity contribution is 7.71. The maximum Gasteiger partial charge on any atom is 0.179 e. The van der Waals surface area contributed by atoms with Crippen molar-refractivity contribution in [2.75, 3.05) is 14.1 Å². The molecule has 6 heteroatoms. The van der Waals surface area contributed by atoms with Gasteiger partial charge in [0.15, 0.2) is 10.4 Å². The maximum absolute atomic E-state index is 5.38. The largest absolute Gasteiger partial charge is 0.328 e. The average Bonchev–Trinajstić information content (AvgIpc) is 2.68. The number of hydrogen-bond donors (Lipinski definition) is 1. The Bertz CT molecular complexity index is 589. The SMILES string of the molecule is Cc1nn(C)c2c1[nH]c(=S)n2CC(C)N(C)C. The molecule has 5 nitrogen and oxygen atoms in total. The number of hydrogen-bond acceptors (Lipinski definition) is 3. The second-order valence-corrected chi connectivity index (χ2v) is 5.15. The number of fused-ring (bicyclic) bond motifs is 1. The van der Waals surface area contributed by atoms with Crippen molar-refractivity contribution < 1.29 is 0 Å². The van der Waals surface area contributed by atoms with Crippen molar-refractivity contribution in [3.8, 4) is 0 Å². The van der Waals surface area contributed by atoms with Crippen LogP contribution in [0.25, 0.3) is 11.2 Å². The summed E-state index contributed by atoms with van der Waals surface area (Å²) in [4.78, 5) is 5.42. The highest BCUT2D eigenvalue weighted by atomic mass is 32.1. The fraction of sp³-hybridized carbons (Fsp3) is 0.636. The summed E-state index contributed by atoms with van der Waals surface area (Å²) in [6, 6.07) is 0.427. The first-order valence-electron chi connectivity index (χ1n) is 5.70. The van der Waals surface area contributed by atoms with E-state index in [4.69, 9.17) is 12.2 Å². The number of aromatic nitrogens is 4. The third-order valence-corrected chi connectivity index (χ3v) is 3.58. The van der Waals surface area contributed by atoms with E-state index in [0.29, 0.717) is 6.04 Å². The summed E-state index contributed by atoms with van der Waals surface area (Å²) >= 11 is 5.38. The van der Waals surface area contributed by atoms with Crippen LogP contribution in [0.5, 0.6) is 0 Å². The topological polar surface area (TPSA) is 41.8 Å². The molecule has 94 valence electrons. The lowest BCUT2D eigenvalue weighted by molar-refractivity contribution is 0.284. The summed E-state index contributed by atoms with van der Waals surface area (Å²) in [7, 11) is 6.11. The van der Waals surface area contributed by atoms with Gasteiger partial charge in [0.05, 0.1) is 5.69 Å². The predicted molar refractivity (Wildman–Crippen MR) is 71.8 cm³/mol. The lowest BCUT2D eigenvalue weighted by atomic mass is 10.3. The minimum absolute atomic E-state index is 0.427. The summed E-state index contributed by atoms with van der Waals surface area (Å²) in [6.07, 6.45) is 0. The summed E-state index contributed by atoms with van der Waals surface area (Å²) < 4.78 is 4.78. The van der Waals surface area contributed by atoms with E-state index < -0.39 is 0 Å². The van der Waals surface area contributed by atoms with Crippen LogP contribution in [0.3, 0.4) is 0 Å². The summed E-state index contributed by atoms with van der Waals surface area (Å²) in [5.74, 6) is 0. The molecule has 0 aromatic carbocycles. The first kappa shape index (κ1) is 12.3. The third kappa shape index (κ3) is 2.02. The number of likely N-dealkylation sites (N-methyl/N-ethyl adjacent to an activating group) is 1. The number of H-pyrrole nitrogens is 1. The molecule has 17 heavy (non-hydrogen) atoms. The summed E-state index contributed by atoms with van der Waals surface area (Å²) in [5, 5.41) is 4.41. The van der Waals surface area contributed by atoms with E-state index in [2.05, 4.69) is 40.6 Å². The van der Waals surface area contributed by atoms with Crippen LogP contribution in [0.1, 0.15) is 12.6 Å². The van der Waals surface area contributed by atoms with E-state index in [0.717, 1.165) is 28.2 Å². The second kappa shape index (κ2) is 4.27. The molecule has 0 saturated heterocycles. The van der Waals surface area contributed by atoms with Crippen molar-refractivity contribution in [3.05, 3.63) is 10.5 Å². The van der Waals surface area contributed by atoms with Gasteiger partial charge in [0, 0.05) is 19.6 Å². The van der Waals surface area contributed by atoms with Crippen LogP contribution in [0.4, 0.5) is 0 Å². The van der Waals surface area contributed by atoms with E-state index in [1.54, 1.807) is 0 Å². The zero-order chi connectivity index (χ0) is 12.7. The smallest absolute Gasteiger partial charge is 0.179 e. The van der Waals surface area contributed by atoms with E-state index in [1.807, 2.05) is 18.7 Å². The van der Waals surface area contributed by atoms with Gasteiger partial charge in [-0.15, -0.1) is 0 Å². The Balaban J connectivity index is 2.53. The maximum atomic E-state index is 5.38. The lowest BCUT2D eigenvalue weighted by Crippen LogP contribution is -2.29. The molecule has 2 aromatic rings. The van der Waals surface area contributed by atoms with Crippen LogP contribution in [-0.2, 0) is 13.6 Å². The molecule has 2 aromatic heterocycles. The van der Waals surface area contributed by atoms with Gasteiger partial charge in [-0.1, -0.05) is 0 Å². The first-order valence-corrected chi connectivity index (χ1v) is 6.11. The van der Waals surface area contributed by atoms with Crippen LogP contribution < -0.4 is 0 Å². The van der Waals surface area contributed by atoms with Gasteiger partial charge in [-0.2, -0.15) is 5.10 Å². The average molecular weight is 253 g/mol. The molecule has 0 fully saturated rings. The van der Waals surface area contributed by atoms with Crippen molar-refractivity contribution in [3.63, 3.8) is 0 Å². The summed E-state index contributed by atoms with van der Waals surface area (Å²) in [5.41, 5.74) is 3.11. The van der Waals surface area contributed by atoms with Crippen molar-refractivity contribution >= 4 is 23.4 Å². The van der Waals surface area contributed by atoms with Crippen molar-refractivity contribution in [1.82, 2.24) is 24.2 Å². The molecule has 0 aliphatic rings. The molecule has 1 N–H and O–H groups in total. The first-order chi connectivity index (χ1) is 7.91. The van der Waals surface area contributed by atoms with Gasteiger partial charge in [0.2, 0.25) is 0 Å². The van der Waals surface area contributed by atoms with Gasteiger partial charge >= 0.3 is 0 Å². The Kier molecular flexibility index (Phi) is 3.09. The van der Waals surface area contributed by atoms with Crippen molar-refractivity contribution in [2.24, 2.45) is 7.05 Å². The molecule has 0 amide bonds. The predicted octanol–water partition coefficient (Wildman–Crippen LogP) is 1.69. The molecule has 0 aliphatic carbocycles. The van der Waals surface area contributed by atoms with Crippen LogP contribution >= 0.6 is 12.2 Å². The molecular formula is C11H19N5S. The van der Waals surface area contributed by atoms with E-state index in [1.165, 1.54) is 0 Å². The molecule has 0 spiro atoms. The quantitative estimate of drug-likeness (QED) is 0.846. The molecule has 0 bridgehead atoms. The molecule has 0 aliphatic heterocycles. The van der Waals surface area contributed by atoms with Gasteiger partial charge in [0.25, 0.3) is 0 Å². The van der Waals surface area contributed by atoms with Crippen LogP contribution in [0.15, 0.2) is 0 Å². The number of aromatic amines is 1. The van der Waals surface area contributed by atoms with Gasteiger partial charge in [-0.05, 0) is 40.2 Å². The number of imidazole rings is 1. The minimum Gasteiger partial charge on any atom is -0.328 e. The van der Waals surface area contributed by atoms with Gasteiger partial charge in [0.1, 0.15) is 5.52 Å². The highest BCUT2D eigenvalue weighted by Gasteiger charge is 2.15. The monoisotopic (exact) mass is 253 g/mol. The molecule has 0 radical (unpaired) electrons. The van der Waals surface area contributed by atoms with E-state index in [-0.39, 0.29) is 0 Å². The van der Waals surface area contributed by atoms with Crippen LogP contribution in [0.2, 0.25) is 0 Å². The normalized spacial score (nSPS) is 13.8. The lowest BCUT2D eigenvalue weighted by Gasteiger charge is -2.20. The number of nitrogens with zero attached hydrogens (tertiary/aromatic N) is 4. The zero-order valence-electron chi connectivity index (χ0n) is 11.0. The van der Waals surface area contributed by atoms with Gasteiger partial charge < -0.3 is 14.5 Å². The third-order valence-electron chi connectivity index (χ3n) is 3.25. The Morgan fingerprint density at radius 2 is 2.12 bits per heavy atom. The molecule has 1 atom stereocenters. The molecule has 0 saturated carbocycles. The summed E-state index contributed by atoms with van der Waals surface area (Å²) in [6.45, 7) is 5.04. The number of aryl methyl sites for hydroxylation is 2. The number of nitrogens with one attached hydrogen (secondary N) is 1. The molecule has 2 rings (SSSR count). The highest BCUT2D eigenvalue weighted by Crippen LogP contribution is 2.17. The van der Waals surface area contributed by atoms with Crippen molar-refractivity contribution in [2.45, 2.75) is 26.4 Å². The molecular weight excluding hydrogens is 234 g/mol. The van der Waals surface area contributed by atoms with Crippen LogP contribution in [-0.4, -0.2) is 44.4 Å². The Morgan fingerprint density at radius 1 is 1.47 bits per heavy atom. The zero-order valence-corrected chi connectivity index (χ0v) is 11.8. The van der Waals surface area contributed by atoms with Gasteiger partial charge in [-0.3, -0.25) is 4.68 Å². The molecule has 1 unspecified atom stereocenters. The van der Waals surface area contributed by atoms with Crippen molar-refractivity contribution in [1.29, 1.82) is 0 Å². The number of rotatable bonds is 3. The van der Waals surface area contributed by atoms with E-state index in [9.17, 15) is 0 Å². The minimum atomic E-state index is 0.427. The van der Waals surface area contributed by atoms with Crippen LogP contribution in [0, 0.1) is 11.7 Å². The van der Waals surface area contributed by atoms with E-state index >= 15 is 0 Å². The Hall–Kier alpha value is -1.14. The van der Waals surface area contributed by atoms with Gasteiger partial charge in [-0.25, -0.2) is 0 Å². The molecule has 2 heterocycles. The second-order valence-electron chi connectivity index (χ2n) is 4.76. The Morgan fingerprint density at radius 3 is 2.71 bits per heavy atom. The fourth-order valence-corrected chi connectivity index (χ4v) is 2.23. The Labute approximate surface area is 106 Å².